The molecular weight excluding hydrogens is 442 g/mol. The van der Waals surface area contributed by atoms with Gasteiger partial charge in [0, 0.05) is 46.4 Å². The molecule has 0 saturated carbocycles. The number of thiazole rings is 1. The van der Waals surface area contributed by atoms with E-state index in [1.165, 1.54) is 0 Å². The lowest BCUT2D eigenvalue weighted by atomic mass is 10.2. The highest BCUT2D eigenvalue weighted by molar-refractivity contribution is 7.15. The van der Waals surface area contributed by atoms with Crippen LogP contribution in [0.4, 0.5) is 0 Å². The molecular formula is C25H20ClN3O2S. The topological polar surface area (TPSA) is 50.8 Å². The third-order valence-electron chi connectivity index (χ3n) is 5.30. The Hall–Kier alpha value is -3.35. The summed E-state index contributed by atoms with van der Waals surface area (Å²) in [5.74, 6) is 0.748. The Kier molecular flexibility index (Phi) is 5.79. The second-order valence-electron chi connectivity index (χ2n) is 7.43. The first-order valence-electron chi connectivity index (χ1n) is 10.3. The van der Waals surface area contributed by atoms with Crippen LogP contribution in [-0.2, 0) is 13.0 Å². The Morgan fingerprint density at radius 3 is 2.62 bits per heavy atom. The van der Waals surface area contributed by atoms with E-state index in [2.05, 4.69) is 9.78 Å². The van der Waals surface area contributed by atoms with E-state index in [-0.39, 0.29) is 5.91 Å². The molecule has 0 aliphatic rings. The van der Waals surface area contributed by atoms with Gasteiger partial charge in [-0.25, -0.2) is 4.98 Å². The van der Waals surface area contributed by atoms with Crippen molar-refractivity contribution in [3.8, 4) is 11.3 Å². The number of imidazole rings is 1. The average Bonchev–Trinajstić information content (AvgIpc) is 3.56. The predicted molar refractivity (Wildman–Crippen MR) is 127 cm³/mol. The van der Waals surface area contributed by atoms with E-state index in [0.29, 0.717) is 30.1 Å². The Morgan fingerprint density at radius 2 is 1.88 bits per heavy atom. The summed E-state index contributed by atoms with van der Waals surface area (Å²) < 4.78 is 7.61. The van der Waals surface area contributed by atoms with E-state index in [9.17, 15) is 4.79 Å². The molecule has 32 heavy (non-hydrogen) atoms. The quantitative estimate of drug-likeness (QED) is 0.290. The van der Waals surface area contributed by atoms with Crippen molar-refractivity contribution in [2.45, 2.75) is 13.0 Å². The third kappa shape index (κ3) is 4.33. The summed E-state index contributed by atoms with van der Waals surface area (Å²) in [4.78, 5) is 20.7. The lowest BCUT2D eigenvalue weighted by Gasteiger charge is -2.21. The lowest BCUT2D eigenvalue weighted by molar-refractivity contribution is 0.0733. The van der Waals surface area contributed by atoms with E-state index in [1.807, 2.05) is 77.8 Å². The summed E-state index contributed by atoms with van der Waals surface area (Å²) in [5.41, 5.74) is 3.71. The van der Waals surface area contributed by atoms with E-state index in [1.54, 1.807) is 17.6 Å². The minimum Gasteiger partial charge on any atom is -0.467 e. The van der Waals surface area contributed by atoms with Gasteiger partial charge in [-0.2, -0.15) is 0 Å². The number of hydrogen-bond acceptors (Lipinski definition) is 4. The van der Waals surface area contributed by atoms with Crippen molar-refractivity contribution < 1.29 is 9.21 Å². The van der Waals surface area contributed by atoms with Crippen molar-refractivity contribution in [1.29, 1.82) is 0 Å². The highest BCUT2D eigenvalue weighted by Crippen LogP contribution is 2.25. The first-order valence-corrected chi connectivity index (χ1v) is 11.5. The van der Waals surface area contributed by atoms with Crippen molar-refractivity contribution >= 4 is 33.8 Å². The molecule has 0 radical (unpaired) electrons. The standard InChI is InChI=1S/C25H20ClN3O2S/c26-20-10-8-18(9-11-20)23-16-29-21(17-32-25(29)27-23)12-13-28(15-22-7-4-14-31-22)24(30)19-5-2-1-3-6-19/h1-11,14,16-17H,12-13,15H2. The van der Waals surface area contributed by atoms with Crippen molar-refractivity contribution in [3.05, 3.63) is 107 Å². The van der Waals surface area contributed by atoms with Gasteiger partial charge in [0.1, 0.15) is 5.76 Å². The van der Waals surface area contributed by atoms with Crippen molar-refractivity contribution in [2.75, 3.05) is 6.54 Å². The molecule has 0 aliphatic carbocycles. The van der Waals surface area contributed by atoms with Crippen LogP contribution in [0.1, 0.15) is 21.8 Å². The van der Waals surface area contributed by atoms with Crippen molar-refractivity contribution in [3.63, 3.8) is 0 Å². The van der Waals surface area contributed by atoms with E-state index in [4.69, 9.17) is 21.0 Å². The largest absolute Gasteiger partial charge is 0.467 e. The van der Waals surface area contributed by atoms with Gasteiger partial charge in [-0.1, -0.05) is 41.9 Å². The fraction of sp³-hybridized carbons (Fsp3) is 0.120. The van der Waals surface area contributed by atoms with Crippen LogP contribution in [0.25, 0.3) is 16.2 Å². The number of aromatic nitrogens is 2. The molecule has 5 aromatic rings. The highest BCUT2D eigenvalue weighted by Gasteiger charge is 2.18. The first kappa shape index (κ1) is 20.5. The second-order valence-corrected chi connectivity index (χ2v) is 8.71. The Balaban J connectivity index is 1.37. The van der Waals surface area contributed by atoms with Crippen LogP contribution in [0.2, 0.25) is 5.02 Å². The van der Waals surface area contributed by atoms with Crippen molar-refractivity contribution in [2.24, 2.45) is 0 Å². The molecule has 3 heterocycles. The molecule has 160 valence electrons. The summed E-state index contributed by atoms with van der Waals surface area (Å²) in [6.07, 6.45) is 4.38. The molecule has 0 atom stereocenters. The number of halogens is 1. The summed E-state index contributed by atoms with van der Waals surface area (Å²) in [7, 11) is 0. The number of fused-ring (bicyclic) bond motifs is 1. The zero-order valence-corrected chi connectivity index (χ0v) is 18.7. The maximum Gasteiger partial charge on any atom is 0.254 e. The van der Waals surface area contributed by atoms with Gasteiger partial charge in [0.15, 0.2) is 4.96 Å². The Labute approximate surface area is 194 Å². The van der Waals surface area contributed by atoms with Gasteiger partial charge in [0.2, 0.25) is 0 Å². The summed E-state index contributed by atoms with van der Waals surface area (Å²) in [6.45, 7) is 0.989. The van der Waals surface area contributed by atoms with Crippen LogP contribution < -0.4 is 0 Å². The molecule has 1 amide bonds. The normalized spacial score (nSPS) is 11.2. The lowest BCUT2D eigenvalue weighted by Crippen LogP contribution is -2.32. The number of carbonyl (C=O) groups is 1. The van der Waals surface area contributed by atoms with Gasteiger partial charge in [-0.05, 0) is 36.4 Å². The van der Waals surface area contributed by atoms with Gasteiger partial charge in [-0.3, -0.25) is 9.20 Å². The molecule has 0 saturated heterocycles. The Morgan fingerprint density at radius 1 is 1.06 bits per heavy atom. The summed E-state index contributed by atoms with van der Waals surface area (Å²) >= 11 is 7.61. The number of benzene rings is 2. The molecule has 0 fully saturated rings. The van der Waals surface area contributed by atoms with Crippen LogP contribution in [0.15, 0.2) is 89.0 Å². The minimum atomic E-state index is -0.0130. The molecule has 0 aliphatic heterocycles. The highest BCUT2D eigenvalue weighted by atomic mass is 35.5. The van der Waals surface area contributed by atoms with Crippen LogP contribution in [0, 0.1) is 0 Å². The fourth-order valence-electron chi connectivity index (χ4n) is 3.62. The van der Waals surface area contributed by atoms with Gasteiger partial charge in [0.25, 0.3) is 5.91 Å². The number of hydrogen-bond donors (Lipinski definition) is 0. The zero-order chi connectivity index (χ0) is 21.9. The van der Waals surface area contributed by atoms with Gasteiger partial charge >= 0.3 is 0 Å². The molecule has 2 aromatic carbocycles. The smallest absolute Gasteiger partial charge is 0.254 e. The number of rotatable bonds is 7. The van der Waals surface area contributed by atoms with Crippen LogP contribution in [0.5, 0.6) is 0 Å². The number of furan rings is 1. The molecule has 5 nitrogen and oxygen atoms in total. The maximum absolute atomic E-state index is 13.2. The third-order valence-corrected chi connectivity index (χ3v) is 6.44. The van der Waals surface area contributed by atoms with Gasteiger partial charge < -0.3 is 9.32 Å². The monoisotopic (exact) mass is 461 g/mol. The molecule has 0 unspecified atom stereocenters. The predicted octanol–water partition coefficient (Wildman–Crippen LogP) is 6.19. The average molecular weight is 462 g/mol. The minimum absolute atomic E-state index is 0.0130. The van der Waals surface area contributed by atoms with Crippen LogP contribution >= 0.6 is 22.9 Å². The SMILES string of the molecule is O=C(c1ccccc1)N(CCc1csc2nc(-c3ccc(Cl)cc3)cn12)Cc1ccco1. The van der Waals surface area contributed by atoms with Crippen LogP contribution in [0.3, 0.4) is 0 Å². The first-order chi connectivity index (χ1) is 15.7. The molecule has 3 aromatic heterocycles. The van der Waals surface area contributed by atoms with E-state index in [0.717, 1.165) is 27.7 Å². The molecule has 0 bridgehead atoms. The number of nitrogens with zero attached hydrogens (tertiary/aromatic N) is 3. The van der Waals surface area contributed by atoms with Crippen LogP contribution in [-0.4, -0.2) is 26.7 Å². The number of amides is 1. The summed E-state index contributed by atoms with van der Waals surface area (Å²) in [5, 5.41) is 2.81. The molecule has 5 rings (SSSR count). The summed E-state index contributed by atoms with van der Waals surface area (Å²) in [6, 6.07) is 20.8. The zero-order valence-electron chi connectivity index (χ0n) is 17.1. The van der Waals surface area contributed by atoms with Crippen molar-refractivity contribution in [1.82, 2.24) is 14.3 Å². The molecule has 0 spiro atoms. The molecule has 0 N–H and O–H groups in total. The number of carbonyl (C=O) groups excluding carboxylic acids is 1. The maximum atomic E-state index is 13.2. The van der Waals surface area contributed by atoms with E-state index < -0.39 is 0 Å². The van der Waals surface area contributed by atoms with E-state index >= 15 is 0 Å². The molecule has 7 heteroatoms. The second kappa shape index (κ2) is 9.02. The van der Waals surface area contributed by atoms with Gasteiger partial charge in [0.05, 0.1) is 18.5 Å². The Bertz CT molecular complexity index is 1330. The van der Waals surface area contributed by atoms with Gasteiger partial charge in [-0.15, -0.1) is 11.3 Å². The fourth-order valence-corrected chi connectivity index (χ4v) is 4.66.